The zero-order valence-corrected chi connectivity index (χ0v) is 36.9. The monoisotopic (exact) mass is 812 g/mol. The molecule has 0 spiro atoms. The molecule has 0 aliphatic heterocycles. The number of fused-ring (bicyclic) bond motifs is 2. The third-order valence-electron chi connectivity index (χ3n) is 12.8. The van der Waals surface area contributed by atoms with Crippen LogP contribution in [0.5, 0.6) is 0 Å². The van der Waals surface area contributed by atoms with E-state index < -0.39 is 12.6 Å². The summed E-state index contributed by atoms with van der Waals surface area (Å²) in [6, 6.07) is 68.4. The number of rotatable bonds is 7. The minimum atomic E-state index is -3.26. The van der Waals surface area contributed by atoms with E-state index in [1.54, 1.807) is 11.3 Å². The quantitative estimate of drug-likeness (QED) is 0.0678. The van der Waals surface area contributed by atoms with Crippen molar-refractivity contribution in [3.63, 3.8) is 0 Å². The van der Waals surface area contributed by atoms with E-state index in [4.69, 9.17) is 0 Å². The molecule has 0 saturated heterocycles. The lowest BCUT2D eigenvalue weighted by atomic mass is 9.66. The highest BCUT2D eigenvalue weighted by atomic mass is 32.1. The molecule has 0 aliphatic carbocycles. The second kappa shape index (κ2) is 14.2. The topological polar surface area (TPSA) is 17.1 Å². The van der Waals surface area contributed by atoms with Crippen LogP contribution >= 0.6 is 18.5 Å². The van der Waals surface area contributed by atoms with Crippen LogP contribution in [0.3, 0.4) is 0 Å². The van der Waals surface area contributed by atoms with E-state index in [0.717, 1.165) is 20.1 Å². The lowest BCUT2D eigenvalue weighted by Crippen LogP contribution is -2.31. The van der Waals surface area contributed by atoms with Gasteiger partial charge < -0.3 is 4.57 Å². The largest absolute Gasteiger partial charge is 0.308 e. The first kappa shape index (κ1) is 38.4. The molecule has 0 fully saturated rings. The van der Waals surface area contributed by atoms with Gasteiger partial charge in [0.15, 0.2) is 7.14 Å². The first-order valence-electron chi connectivity index (χ1n) is 21.0. The molecule has 10 rings (SSSR count). The molecule has 0 atom stereocenters. The summed E-state index contributed by atoms with van der Waals surface area (Å²) in [5, 5.41) is 11.8. The SMILES string of the molecule is CC(C)(C)c1ccc(C(c2ccc(C(C)(C)C)cc2)(c2cc3cccc4c5cccc6cccc(c(c2)c34)c65)c2ccc(P(=O)(c3ccccc3)c3ccccc3)s2)cc1. The van der Waals surface area contributed by atoms with Gasteiger partial charge in [-0.2, -0.15) is 0 Å². The van der Waals surface area contributed by atoms with E-state index >= 15 is 4.57 Å². The third-order valence-corrected chi connectivity index (χ3v) is 17.6. The molecule has 1 aromatic heterocycles. The number of benzene rings is 9. The summed E-state index contributed by atoms with van der Waals surface area (Å²) in [4.78, 5) is 1.13. The standard InChI is InChI=1S/C57H49OPS/c1-55(2,3)40-26-30-42(31-27-40)57(43-32-28-41(29-33-43)56(4,5)6,51-34-35-52(60-51)59(58,45-19-9-7-10-20-45)46-21-11-8-12-22-46)44-36-39-18-15-24-48-47-23-13-16-38-17-14-25-49(53(38)47)50(37-44)54(39)48/h7-37H,1-6H3. The molecule has 0 unspecified atom stereocenters. The Balaban J connectivity index is 1.35. The van der Waals surface area contributed by atoms with Crippen LogP contribution in [-0.2, 0) is 20.8 Å². The predicted octanol–water partition coefficient (Wildman–Crippen LogP) is 14.4. The number of hydrogen-bond donors (Lipinski definition) is 0. The van der Waals surface area contributed by atoms with Crippen molar-refractivity contribution in [1.82, 2.24) is 0 Å². The van der Waals surface area contributed by atoms with E-state index in [0.29, 0.717) is 0 Å². The molecule has 1 nitrogen and oxygen atoms in total. The molecule has 3 heteroatoms. The lowest BCUT2D eigenvalue weighted by Gasteiger charge is -2.37. The highest BCUT2D eigenvalue weighted by Gasteiger charge is 2.43. The first-order valence-corrected chi connectivity index (χ1v) is 23.5. The molecule has 294 valence electrons. The Kier molecular flexibility index (Phi) is 9.07. The van der Waals surface area contributed by atoms with Crippen molar-refractivity contribution in [2.75, 3.05) is 0 Å². The lowest BCUT2D eigenvalue weighted by molar-refractivity contribution is 0.588. The minimum Gasteiger partial charge on any atom is -0.308 e. The van der Waals surface area contributed by atoms with Crippen LogP contribution in [-0.4, -0.2) is 0 Å². The Bertz CT molecular complexity index is 3110. The summed E-state index contributed by atoms with van der Waals surface area (Å²) < 4.78 is 16.9. The van der Waals surface area contributed by atoms with Crippen LogP contribution in [0, 0.1) is 0 Å². The van der Waals surface area contributed by atoms with Gasteiger partial charge in [-0.25, -0.2) is 0 Å². The van der Waals surface area contributed by atoms with Gasteiger partial charge in [0.2, 0.25) is 0 Å². The molecule has 0 N–H and O–H groups in total. The Labute approximate surface area is 358 Å². The maximum Gasteiger partial charge on any atom is 0.180 e. The van der Waals surface area contributed by atoms with Crippen LogP contribution < -0.4 is 15.2 Å². The molecule has 0 radical (unpaired) electrons. The highest BCUT2D eigenvalue weighted by molar-refractivity contribution is 7.89. The number of thiophene rings is 1. The van der Waals surface area contributed by atoms with Gasteiger partial charge in [-0.1, -0.05) is 205 Å². The van der Waals surface area contributed by atoms with E-state index in [1.807, 2.05) is 60.7 Å². The molecular formula is C57H49OPS. The van der Waals surface area contributed by atoms with Gasteiger partial charge in [-0.3, -0.25) is 0 Å². The zero-order valence-electron chi connectivity index (χ0n) is 35.2. The fourth-order valence-corrected chi connectivity index (χ4v) is 14.3. The molecule has 0 amide bonds. The van der Waals surface area contributed by atoms with E-state index in [-0.39, 0.29) is 10.8 Å². The molecule has 1 heterocycles. The average Bonchev–Trinajstić information content (AvgIpc) is 3.77. The fourth-order valence-electron chi connectivity index (χ4n) is 9.62. The predicted molar refractivity (Wildman–Crippen MR) is 261 cm³/mol. The Morgan fingerprint density at radius 2 is 0.817 bits per heavy atom. The third kappa shape index (κ3) is 5.99. The van der Waals surface area contributed by atoms with Crippen molar-refractivity contribution < 1.29 is 4.57 Å². The van der Waals surface area contributed by atoms with Gasteiger partial charge in [-0.15, -0.1) is 11.3 Å². The Hall–Kier alpha value is -5.79. The van der Waals surface area contributed by atoms with Crippen LogP contribution in [0.4, 0.5) is 0 Å². The molecule has 0 aliphatic rings. The minimum absolute atomic E-state index is 0.0146. The van der Waals surface area contributed by atoms with E-state index in [2.05, 4.69) is 169 Å². The van der Waals surface area contributed by atoms with Gasteiger partial charge in [0, 0.05) is 15.5 Å². The highest BCUT2D eigenvalue weighted by Crippen LogP contribution is 2.53. The fraction of sp³-hybridized carbons (Fsp3) is 0.158. The maximum absolute atomic E-state index is 16.0. The van der Waals surface area contributed by atoms with Crippen LogP contribution in [0.25, 0.3) is 43.1 Å². The van der Waals surface area contributed by atoms with E-state index in [1.165, 1.54) is 70.9 Å². The van der Waals surface area contributed by atoms with Crippen LogP contribution in [0.1, 0.15) is 74.2 Å². The summed E-state index contributed by atoms with van der Waals surface area (Å²) in [6.07, 6.45) is 0. The average molecular weight is 813 g/mol. The molecular weight excluding hydrogens is 764 g/mol. The van der Waals surface area contributed by atoms with E-state index in [9.17, 15) is 0 Å². The Morgan fingerprint density at radius 3 is 1.30 bits per heavy atom. The second-order valence-electron chi connectivity index (χ2n) is 18.5. The van der Waals surface area contributed by atoms with Crippen molar-refractivity contribution in [1.29, 1.82) is 0 Å². The van der Waals surface area contributed by atoms with Crippen molar-refractivity contribution in [3.05, 3.63) is 221 Å². The molecule has 9 aromatic carbocycles. The number of hydrogen-bond acceptors (Lipinski definition) is 2. The zero-order chi connectivity index (χ0) is 41.4. The van der Waals surface area contributed by atoms with Crippen LogP contribution in [0.15, 0.2) is 188 Å². The summed E-state index contributed by atoms with van der Waals surface area (Å²) in [6.45, 7) is 13.7. The van der Waals surface area contributed by atoms with Gasteiger partial charge in [0.25, 0.3) is 0 Å². The van der Waals surface area contributed by atoms with Crippen molar-refractivity contribution in [2.24, 2.45) is 0 Å². The second-order valence-corrected chi connectivity index (χ2v) is 22.6. The Morgan fingerprint density at radius 1 is 0.383 bits per heavy atom. The van der Waals surface area contributed by atoms with Gasteiger partial charge in [0.1, 0.15) is 0 Å². The van der Waals surface area contributed by atoms with Gasteiger partial charge in [0.05, 0.1) is 10.0 Å². The van der Waals surface area contributed by atoms with Crippen molar-refractivity contribution >= 4 is 76.8 Å². The molecule has 0 bridgehead atoms. The first-order chi connectivity index (χ1) is 28.9. The normalized spacial score (nSPS) is 12.9. The van der Waals surface area contributed by atoms with Crippen molar-refractivity contribution in [3.8, 4) is 0 Å². The van der Waals surface area contributed by atoms with Crippen molar-refractivity contribution in [2.45, 2.75) is 57.8 Å². The molecule has 0 saturated carbocycles. The summed E-state index contributed by atoms with van der Waals surface area (Å²) >= 11 is 1.70. The molecule has 10 aromatic rings. The smallest absolute Gasteiger partial charge is 0.180 e. The summed E-state index contributed by atoms with van der Waals surface area (Å²) in [5.41, 5.74) is 5.33. The summed E-state index contributed by atoms with van der Waals surface area (Å²) in [7, 11) is -3.26. The van der Waals surface area contributed by atoms with Gasteiger partial charge in [-0.05, 0) is 106 Å². The summed E-state index contributed by atoms with van der Waals surface area (Å²) in [5.74, 6) is 0. The van der Waals surface area contributed by atoms with Crippen LogP contribution in [0.2, 0.25) is 0 Å². The molecule has 60 heavy (non-hydrogen) atoms. The maximum atomic E-state index is 16.0. The van der Waals surface area contributed by atoms with Gasteiger partial charge >= 0.3 is 0 Å².